The zero-order valence-electron chi connectivity index (χ0n) is 12.5. The molecule has 0 radical (unpaired) electrons. The molecule has 0 bridgehead atoms. The summed E-state index contributed by atoms with van der Waals surface area (Å²) < 4.78 is 22.9. The zero-order valence-corrected chi connectivity index (χ0v) is 14.2. The van der Waals surface area contributed by atoms with E-state index in [4.69, 9.17) is 0 Å². The van der Waals surface area contributed by atoms with Gasteiger partial charge in [0.15, 0.2) is 9.84 Å². The topological polar surface area (TPSA) is 79.4 Å². The third-order valence-electron chi connectivity index (χ3n) is 3.73. The van der Waals surface area contributed by atoms with Crippen molar-refractivity contribution < 1.29 is 13.2 Å². The van der Waals surface area contributed by atoms with Crippen LogP contribution in [0.25, 0.3) is 0 Å². The minimum absolute atomic E-state index is 0.0508. The van der Waals surface area contributed by atoms with Crippen LogP contribution in [0, 0.1) is 13.8 Å². The number of likely N-dealkylation sites (N-methyl/N-ethyl adjacent to an activating group) is 1. The molecule has 1 aromatic heterocycles. The van der Waals surface area contributed by atoms with E-state index in [1.165, 1.54) is 0 Å². The van der Waals surface area contributed by atoms with Crippen LogP contribution in [0.5, 0.6) is 0 Å². The molecule has 21 heavy (non-hydrogen) atoms. The molecular formula is C13H21N3O3S2. The van der Waals surface area contributed by atoms with E-state index in [1.807, 2.05) is 18.7 Å². The monoisotopic (exact) mass is 331 g/mol. The largest absolute Gasteiger partial charge is 0.348 e. The summed E-state index contributed by atoms with van der Waals surface area (Å²) >= 11 is 1.58. The molecule has 0 unspecified atom stereocenters. The van der Waals surface area contributed by atoms with Crippen molar-refractivity contribution in [2.75, 3.05) is 25.1 Å². The van der Waals surface area contributed by atoms with Gasteiger partial charge in [-0.3, -0.25) is 9.69 Å². The zero-order chi connectivity index (χ0) is 15.6. The predicted molar refractivity (Wildman–Crippen MR) is 83.1 cm³/mol. The van der Waals surface area contributed by atoms with Gasteiger partial charge >= 0.3 is 0 Å². The Morgan fingerprint density at radius 3 is 2.71 bits per heavy atom. The Balaban J connectivity index is 1.79. The van der Waals surface area contributed by atoms with Crippen LogP contribution in [0.4, 0.5) is 0 Å². The van der Waals surface area contributed by atoms with Crippen molar-refractivity contribution in [3.05, 3.63) is 15.6 Å². The summed E-state index contributed by atoms with van der Waals surface area (Å²) in [5.41, 5.74) is 0.998. The number of thiazole rings is 1. The van der Waals surface area contributed by atoms with Crippen molar-refractivity contribution in [1.29, 1.82) is 0 Å². The van der Waals surface area contributed by atoms with Crippen LogP contribution in [-0.2, 0) is 21.2 Å². The molecule has 6 nitrogen and oxygen atoms in total. The highest BCUT2D eigenvalue weighted by molar-refractivity contribution is 7.91. The summed E-state index contributed by atoms with van der Waals surface area (Å²) in [5, 5.41) is 3.73. The standard InChI is InChI=1S/C13H21N3O3S2/c1-9-10(2)20-13(15-9)6-14-12(17)7-16(3)11-4-5-21(18,19)8-11/h11H,4-8H2,1-3H3,(H,14,17)/t11-/m1/s1. The van der Waals surface area contributed by atoms with Gasteiger partial charge in [-0.1, -0.05) is 0 Å². The molecule has 1 fully saturated rings. The lowest BCUT2D eigenvalue weighted by Crippen LogP contribution is -2.41. The summed E-state index contributed by atoms with van der Waals surface area (Å²) in [4.78, 5) is 19.3. The number of hydrogen-bond donors (Lipinski definition) is 1. The molecule has 8 heteroatoms. The Morgan fingerprint density at radius 2 is 2.19 bits per heavy atom. The van der Waals surface area contributed by atoms with E-state index < -0.39 is 9.84 Å². The average molecular weight is 331 g/mol. The molecule has 118 valence electrons. The maximum Gasteiger partial charge on any atom is 0.234 e. The predicted octanol–water partition coefficient (Wildman–Crippen LogP) is 0.495. The minimum atomic E-state index is -2.92. The third-order valence-corrected chi connectivity index (χ3v) is 6.56. The number of aromatic nitrogens is 1. The Morgan fingerprint density at radius 1 is 1.48 bits per heavy atom. The maximum atomic E-state index is 11.9. The Kier molecular flexibility index (Phi) is 5.00. The first kappa shape index (κ1) is 16.4. The van der Waals surface area contributed by atoms with Crippen molar-refractivity contribution in [2.45, 2.75) is 32.9 Å². The van der Waals surface area contributed by atoms with Crippen LogP contribution in [0.3, 0.4) is 0 Å². The van der Waals surface area contributed by atoms with Gasteiger partial charge in [-0.05, 0) is 27.3 Å². The molecule has 1 aliphatic rings. The van der Waals surface area contributed by atoms with Crippen LogP contribution >= 0.6 is 11.3 Å². The fourth-order valence-corrected chi connectivity index (χ4v) is 5.00. The van der Waals surface area contributed by atoms with Crippen molar-refractivity contribution >= 4 is 27.1 Å². The van der Waals surface area contributed by atoms with Crippen molar-refractivity contribution in [2.24, 2.45) is 0 Å². The fraction of sp³-hybridized carbons (Fsp3) is 0.692. The van der Waals surface area contributed by atoms with Gasteiger partial charge in [-0.15, -0.1) is 11.3 Å². The Bertz CT molecular complexity index is 605. The quantitative estimate of drug-likeness (QED) is 0.850. The van der Waals surface area contributed by atoms with Crippen LogP contribution in [0.2, 0.25) is 0 Å². The number of carbonyl (C=O) groups excluding carboxylic acids is 1. The molecule has 1 atom stereocenters. The van der Waals surface area contributed by atoms with Crippen molar-refractivity contribution in [3.8, 4) is 0 Å². The Hall–Kier alpha value is -0.990. The fourth-order valence-electron chi connectivity index (χ4n) is 2.32. The third kappa shape index (κ3) is 4.49. The molecule has 2 rings (SSSR count). The molecule has 1 saturated heterocycles. The molecule has 0 spiro atoms. The van der Waals surface area contributed by atoms with E-state index in [-0.39, 0.29) is 30.0 Å². The molecule has 0 aliphatic carbocycles. The lowest BCUT2D eigenvalue weighted by atomic mass is 10.2. The molecule has 1 amide bonds. The number of rotatable bonds is 5. The summed E-state index contributed by atoms with van der Waals surface area (Å²) in [7, 11) is -1.12. The van der Waals surface area contributed by atoms with Gasteiger partial charge in [0.2, 0.25) is 5.91 Å². The summed E-state index contributed by atoms with van der Waals surface area (Å²) in [6.45, 7) is 4.59. The summed E-state index contributed by atoms with van der Waals surface area (Å²) in [6.07, 6.45) is 0.608. The lowest BCUT2D eigenvalue weighted by molar-refractivity contribution is -0.122. The van der Waals surface area contributed by atoms with Crippen LogP contribution in [0.1, 0.15) is 22.0 Å². The first-order valence-electron chi connectivity index (χ1n) is 6.87. The highest BCUT2D eigenvalue weighted by Gasteiger charge is 2.31. The molecule has 1 aliphatic heterocycles. The maximum absolute atomic E-state index is 11.9. The average Bonchev–Trinajstić information content (AvgIpc) is 2.90. The number of hydrogen-bond acceptors (Lipinski definition) is 6. The number of nitrogens with zero attached hydrogens (tertiary/aromatic N) is 2. The van der Waals surface area contributed by atoms with Gasteiger partial charge in [0.25, 0.3) is 0 Å². The van der Waals surface area contributed by atoms with E-state index in [0.717, 1.165) is 15.6 Å². The number of amides is 1. The second kappa shape index (κ2) is 6.41. The normalized spacial score (nSPS) is 20.9. The van der Waals surface area contributed by atoms with Gasteiger partial charge in [-0.2, -0.15) is 0 Å². The number of nitrogens with one attached hydrogen (secondary N) is 1. The molecular weight excluding hydrogens is 310 g/mol. The van der Waals surface area contributed by atoms with Gasteiger partial charge in [0.05, 0.1) is 30.3 Å². The van der Waals surface area contributed by atoms with Crippen LogP contribution < -0.4 is 5.32 Å². The molecule has 1 N–H and O–H groups in total. The molecule has 2 heterocycles. The number of carbonyl (C=O) groups is 1. The molecule has 0 aromatic carbocycles. The second-order valence-corrected chi connectivity index (χ2v) is 9.01. The lowest BCUT2D eigenvalue weighted by Gasteiger charge is -2.22. The Labute approximate surface area is 129 Å². The smallest absolute Gasteiger partial charge is 0.234 e. The van der Waals surface area contributed by atoms with Gasteiger partial charge in [0.1, 0.15) is 5.01 Å². The molecule has 0 saturated carbocycles. The van der Waals surface area contributed by atoms with Crippen LogP contribution in [-0.4, -0.2) is 55.3 Å². The number of aryl methyl sites for hydroxylation is 2. The van der Waals surface area contributed by atoms with E-state index >= 15 is 0 Å². The highest BCUT2D eigenvalue weighted by atomic mass is 32.2. The van der Waals surface area contributed by atoms with Gasteiger partial charge in [0, 0.05) is 10.9 Å². The number of sulfone groups is 1. The summed E-state index contributed by atoms with van der Waals surface area (Å²) in [6, 6.07) is -0.0508. The highest BCUT2D eigenvalue weighted by Crippen LogP contribution is 2.17. The van der Waals surface area contributed by atoms with Crippen LogP contribution in [0.15, 0.2) is 0 Å². The van der Waals surface area contributed by atoms with Gasteiger partial charge < -0.3 is 5.32 Å². The SMILES string of the molecule is Cc1nc(CNC(=O)CN(C)[C@@H]2CCS(=O)(=O)C2)sc1C. The minimum Gasteiger partial charge on any atom is -0.348 e. The van der Waals surface area contributed by atoms with E-state index in [0.29, 0.717) is 13.0 Å². The first-order chi connectivity index (χ1) is 9.77. The van der Waals surface area contributed by atoms with E-state index in [9.17, 15) is 13.2 Å². The van der Waals surface area contributed by atoms with E-state index in [2.05, 4.69) is 10.3 Å². The second-order valence-electron chi connectivity index (χ2n) is 5.50. The summed E-state index contributed by atoms with van der Waals surface area (Å²) in [5.74, 6) is 0.274. The van der Waals surface area contributed by atoms with E-state index in [1.54, 1.807) is 18.4 Å². The first-order valence-corrected chi connectivity index (χ1v) is 9.51. The van der Waals surface area contributed by atoms with Crippen molar-refractivity contribution in [3.63, 3.8) is 0 Å². The molecule has 1 aromatic rings. The van der Waals surface area contributed by atoms with Gasteiger partial charge in [-0.25, -0.2) is 13.4 Å². The van der Waals surface area contributed by atoms with Crippen molar-refractivity contribution in [1.82, 2.24) is 15.2 Å².